The molecule has 0 aliphatic rings. The predicted molar refractivity (Wildman–Crippen MR) is 100 cm³/mol. The van der Waals surface area contributed by atoms with E-state index in [2.05, 4.69) is 17.2 Å². The molecule has 4 heteroatoms. The van der Waals surface area contributed by atoms with Crippen LogP contribution < -0.4 is 5.09 Å². The van der Waals surface area contributed by atoms with E-state index >= 15 is 0 Å². The zero-order chi connectivity index (χ0) is 17.2. The fourth-order valence-corrected chi connectivity index (χ4v) is 4.92. The Morgan fingerprint density at radius 2 is 1.54 bits per heavy atom. The Kier molecular flexibility index (Phi) is 4.60. The molecule has 3 aromatic carbocycles. The van der Waals surface area contributed by atoms with Crippen molar-refractivity contribution in [2.45, 2.75) is 25.5 Å². The molecule has 0 amide bonds. The van der Waals surface area contributed by atoms with Crippen LogP contribution in [0, 0.1) is 0 Å². The molecule has 1 unspecified atom stereocenters. The van der Waals surface area contributed by atoms with Crippen LogP contribution in [0.4, 0.5) is 0 Å². The predicted octanol–water partition coefficient (Wildman–Crippen LogP) is 5.05. The molecule has 3 aromatic rings. The van der Waals surface area contributed by atoms with Gasteiger partial charge in [0.1, 0.15) is 0 Å². The molecule has 0 saturated heterocycles. The summed E-state index contributed by atoms with van der Waals surface area (Å²) in [6.45, 7) is 3.89. The van der Waals surface area contributed by atoms with Crippen molar-refractivity contribution in [1.29, 1.82) is 0 Å². The number of nitrogens with one attached hydrogen (secondary N) is 1. The van der Waals surface area contributed by atoms with Gasteiger partial charge in [0.2, 0.25) is 0 Å². The maximum atomic E-state index is 12.8. The van der Waals surface area contributed by atoms with Gasteiger partial charge in [-0.3, -0.25) is 4.57 Å². The SMILES string of the molecule is CC(C)(NP(=O)(O)Cc1ccccc1)c1cccc2ccccc12. The van der Waals surface area contributed by atoms with Crippen molar-refractivity contribution < 1.29 is 9.46 Å². The zero-order valence-corrected chi connectivity index (χ0v) is 14.8. The second-order valence-electron chi connectivity index (χ2n) is 6.61. The van der Waals surface area contributed by atoms with Gasteiger partial charge in [-0.15, -0.1) is 0 Å². The third-order valence-corrected chi connectivity index (χ3v) is 5.86. The smallest absolute Gasteiger partial charge is 0.272 e. The molecule has 0 saturated carbocycles. The summed E-state index contributed by atoms with van der Waals surface area (Å²) in [5.74, 6) is 0. The monoisotopic (exact) mass is 339 g/mol. The van der Waals surface area contributed by atoms with Crippen LogP contribution in [-0.4, -0.2) is 4.89 Å². The van der Waals surface area contributed by atoms with Crippen LogP contribution in [0.3, 0.4) is 0 Å². The Morgan fingerprint density at radius 1 is 0.917 bits per heavy atom. The molecule has 0 aromatic heterocycles. The molecule has 0 spiro atoms. The van der Waals surface area contributed by atoms with Crippen LogP contribution in [0.2, 0.25) is 0 Å². The molecule has 0 fully saturated rings. The van der Waals surface area contributed by atoms with E-state index in [-0.39, 0.29) is 6.16 Å². The molecule has 124 valence electrons. The third-order valence-electron chi connectivity index (χ3n) is 4.16. The maximum Gasteiger partial charge on any atom is 0.272 e. The van der Waals surface area contributed by atoms with Gasteiger partial charge < -0.3 is 4.89 Å². The lowest BCUT2D eigenvalue weighted by molar-refractivity contribution is 0.409. The van der Waals surface area contributed by atoms with Crippen molar-refractivity contribution in [3.8, 4) is 0 Å². The fraction of sp³-hybridized carbons (Fsp3) is 0.200. The van der Waals surface area contributed by atoms with Gasteiger partial charge in [0, 0.05) is 5.54 Å². The minimum Gasteiger partial charge on any atom is -0.333 e. The van der Waals surface area contributed by atoms with E-state index < -0.39 is 13.1 Å². The molecule has 0 radical (unpaired) electrons. The average molecular weight is 339 g/mol. The lowest BCUT2D eigenvalue weighted by Crippen LogP contribution is -2.34. The largest absolute Gasteiger partial charge is 0.333 e. The van der Waals surface area contributed by atoms with Crippen molar-refractivity contribution in [1.82, 2.24) is 5.09 Å². The van der Waals surface area contributed by atoms with Gasteiger partial charge in [0.05, 0.1) is 6.16 Å². The first-order valence-corrected chi connectivity index (χ1v) is 9.85. The van der Waals surface area contributed by atoms with Gasteiger partial charge in [-0.05, 0) is 35.7 Å². The highest BCUT2D eigenvalue weighted by Gasteiger charge is 2.31. The first-order chi connectivity index (χ1) is 11.4. The lowest BCUT2D eigenvalue weighted by Gasteiger charge is -2.31. The quantitative estimate of drug-likeness (QED) is 0.640. The van der Waals surface area contributed by atoms with E-state index in [1.165, 1.54) is 0 Å². The minimum absolute atomic E-state index is 0.113. The maximum absolute atomic E-state index is 12.8. The van der Waals surface area contributed by atoms with E-state index in [9.17, 15) is 9.46 Å². The normalized spacial score (nSPS) is 14.5. The molecule has 24 heavy (non-hydrogen) atoms. The number of benzene rings is 3. The van der Waals surface area contributed by atoms with E-state index in [0.29, 0.717) is 0 Å². The van der Waals surface area contributed by atoms with Crippen LogP contribution >= 0.6 is 7.52 Å². The average Bonchev–Trinajstić information content (AvgIpc) is 2.53. The van der Waals surface area contributed by atoms with Crippen LogP contribution in [-0.2, 0) is 16.3 Å². The molecule has 0 aliphatic carbocycles. The van der Waals surface area contributed by atoms with Crippen LogP contribution in [0.1, 0.15) is 25.0 Å². The standard InChI is InChI=1S/C20H22NO2P/c1-20(2,19-14-8-12-17-11-6-7-13-18(17)19)21-24(22,23)15-16-9-4-3-5-10-16/h3-14H,15H2,1-2H3,(H2,21,22,23). The molecule has 1 atom stereocenters. The van der Waals surface area contributed by atoms with E-state index in [1.54, 1.807) is 0 Å². The molecular formula is C20H22NO2P. The summed E-state index contributed by atoms with van der Waals surface area (Å²) in [6.07, 6.45) is 0.113. The van der Waals surface area contributed by atoms with Gasteiger partial charge in [-0.1, -0.05) is 72.8 Å². The van der Waals surface area contributed by atoms with Crippen molar-refractivity contribution >= 4 is 18.3 Å². The van der Waals surface area contributed by atoms with Crippen molar-refractivity contribution in [2.75, 3.05) is 0 Å². The van der Waals surface area contributed by atoms with E-state index in [1.807, 2.05) is 74.5 Å². The highest BCUT2D eigenvalue weighted by molar-refractivity contribution is 7.55. The molecule has 3 rings (SSSR count). The lowest BCUT2D eigenvalue weighted by atomic mass is 9.90. The van der Waals surface area contributed by atoms with Crippen molar-refractivity contribution in [2.24, 2.45) is 0 Å². The summed E-state index contributed by atoms with van der Waals surface area (Å²) in [5.41, 5.74) is 1.24. The second-order valence-corrected chi connectivity index (χ2v) is 8.55. The molecule has 2 N–H and O–H groups in total. The molecular weight excluding hydrogens is 317 g/mol. The summed E-state index contributed by atoms with van der Waals surface area (Å²) >= 11 is 0. The number of hydrogen-bond acceptors (Lipinski definition) is 1. The first-order valence-electron chi connectivity index (χ1n) is 8.01. The van der Waals surface area contributed by atoms with Crippen LogP contribution in [0.25, 0.3) is 10.8 Å². The van der Waals surface area contributed by atoms with Crippen LogP contribution in [0.5, 0.6) is 0 Å². The Bertz CT molecular complexity index is 885. The Morgan fingerprint density at radius 3 is 2.29 bits per heavy atom. The summed E-state index contributed by atoms with van der Waals surface area (Å²) < 4.78 is 12.8. The third kappa shape index (κ3) is 3.76. The van der Waals surface area contributed by atoms with Crippen LogP contribution in [0.15, 0.2) is 72.8 Å². The van der Waals surface area contributed by atoms with Gasteiger partial charge in [0.25, 0.3) is 7.52 Å². The highest BCUT2D eigenvalue weighted by atomic mass is 31.2. The number of hydrogen-bond donors (Lipinski definition) is 2. The Hall–Kier alpha value is -1.93. The molecule has 0 bridgehead atoms. The van der Waals surface area contributed by atoms with Crippen molar-refractivity contribution in [3.63, 3.8) is 0 Å². The summed E-state index contributed by atoms with van der Waals surface area (Å²) in [5, 5.41) is 5.22. The summed E-state index contributed by atoms with van der Waals surface area (Å²) in [7, 11) is -3.53. The summed E-state index contributed by atoms with van der Waals surface area (Å²) in [4.78, 5) is 10.5. The highest BCUT2D eigenvalue weighted by Crippen LogP contribution is 2.45. The van der Waals surface area contributed by atoms with Crippen molar-refractivity contribution in [3.05, 3.63) is 83.9 Å². The van der Waals surface area contributed by atoms with E-state index in [0.717, 1.165) is 21.9 Å². The number of rotatable bonds is 5. The minimum atomic E-state index is -3.53. The Labute approximate surface area is 142 Å². The van der Waals surface area contributed by atoms with Gasteiger partial charge in [0.15, 0.2) is 0 Å². The topological polar surface area (TPSA) is 49.3 Å². The first kappa shape index (κ1) is 16.9. The van der Waals surface area contributed by atoms with Gasteiger partial charge in [-0.2, -0.15) is 0 Å². The zero-order valence-electron chi connectivity index (χ0n) is 13.9. The molecule has 0 aliphatic heterocycles. The fourth-order valence-electron chi connectivity index (χ4n) is 3.14. The second kappa shape index (κ2) is 6.52. The molecule has 0 heterocycles. The Balaban J connectivity index is 1.91. The summed E-state index contributed by atoms with van der Waals surface area (Å²) in [6, 6.07) is 23.5. The van der Waals surface area contributed by atoms with Gasteiger partial charge in [-0.25, -0.2) is 5.09 Å². The number of fused-ring (bicyclic) bond motifs is 1. The van der Waals surface area contributed by atoms with E-state index in [4.69, 9.17) is 0 Å². The van der Waals surface area contributed by atoms with Gasteiger partial charge >= 0.3 is 0 Å². The molecule has 3 nitrogen and oxygen atoms in total.